The predicted octanol–water partition coefficient (Wildman–Crippen LogP) is 2.66. The van der Waals surface area contributed by atoms with Crippen LogP contribution >= 0.6 is 15.9 Å². The number of aryl methyl sites for hydroxylation is 1. The van der Waals surface area contributed by atoms with Crippen LogP contribution < -0.4 is 10.1 Å². The Labute approximate surface area is 106 Å². The van der Waals surface area contributed by atoms with E-state index in [2.05, 4.69) is 33.2 Å². The molecule has 0 aliphatic heterocycles. The van der Waals surface area contributed by atoms with E-state index in [-0.39, 0.29) is 0 Å². The highest BCUT2D eigenvalue weighted by molar-refractivity contribution is 9.09. The molecule has 0 fully saturated rings. The van der Waals surface area contributed by atoms with Gasteiger partial charge in [0.1, 0.15) is 5.75 Å². The fourth-order valence-electron chi connectivity index (χ4n) is 1.46. The van der Waals surface area contributed by atoms with Gasteiger partial charge in [0.2, 0.25) is 0 Å². The Balaban J connectivity index is 2.56. The Hall–Kier alpha value is -0.610. The van der Waals surface area contributed by atoms with E-state index in [1.54, 1.807) is 7.11 Å². The van der Waals surface area contributed by atoms with E-state index in [9.17, 15) is 0 Å². The van der Waals surface area contributed by atoms with Crippen molar-refractivity contribution >= 4 is 15.9 Å². The number of nitrogens with zero attached hydrogens (tertiary/aromatic N) is 1. The highest BCUT2D eigenvalue weighted by Crippen LogP contribution is 2.13. The third kappa shape index (κ3) is 4.49. The first-order chi connectivity index (χ1) is 7.65. The molecule has 4 heteroatoms. The molecule has 0 spiro atoms. The Kier molecular flexibility index (Phi) is 5.77. The van der Waals surface area contributed by atoms with Crippen LogP contribution in [0.1, 0.15) is 24.7 Å². The first-order valence-electron chi connectivity index (χ1n) is 5.46. The van der Waals surface area contributed by atoms with Gasteiger partial charge in [-0.05, 0) is 20.3 Å². The maximum absolute atomic E-state index is 5.21. The summed E-state index contributed by atoms with van der Waals surface area (Å²) in [6, 6.07) is 4.40. The number of methoxy groups -OCH3 is 1. The molecule has 0 aliphatic rings. The first kappa shape index (κ1) is 13.5. The van der Waals surface area contributed by atoms with Crippen LogP contribution in [0.3, 0.4) is 0 Å². The van der Waals surface area contributed by atoms with Crippen molar-refractivity contribution in [3.8, 4) is 5.75 Å². The predicted molar refractivity (Wildman–Crippen MR) is 70.2 cm³/mol. The number of ether oxygens (including phenoxy) is 1. The van der Waals surface area contributed by atoms with Gasteiger partial charge < -0.3 is 10.1 Å². The maximum Gasteiger partial charge on any atom is 0.122 e. The lowest BCUT2D eigenvalue weighted by molar-refractivity contribution is 0.412. The second-order valence-electron chi connectivity index (χ2n) is 3.90. The van der Waals surface area contributed by atoms with Crippen molar-refractivity contribution in [2.24, 2.45) is 0 Å². The van der Waals surface area contributed by atoms with E-state index < -0.39 is 0 Å². The van der Waals surface area contributed by atoms with Gasteiger partial charge in [-0.2, -0.15) is 0 Å². The quantitative estimate of drug-likeness (QED) is 0.817. The molecule has 1 aromatic rings. The van der Waals surface area contributed by atoms with Crippen LogP contribution in [0.4, 0.5) is 0 Å². The number of nitrogens with one attached hydrogen (secondary N) is 1. The van der Waals surface area contributed by atoms with Crippen molar-refractivity contribution in [2.45, 2.75) is 32.9 Å². The summed E-state index contributed by atoms with van der Waals surface area (Å²) >= 11 is 3.44. The topological polar surface area (TPSA) is 34.1 Å². The first-order valence-corrected chi connectivity index (χ1v) is 6.58. The van der Waals surface area contributed by atoms with Crippen molar-refractivity contribution < 1.29 is 4.74 Å². The third-order valence-corrected chi connectivity index (χ3v) is 2.85. The minimum atomic E-state index is 0.493. The molecule has 90 valence electrons. The number of hydrogen-bond acceptors (Lipinski definition) is 3. The maximum atomic E-state index is 5.21. The molecule has 1 heterocycles. The zero-order valence-electron chi connectivity index (χ0n) is 10.1. The molecule has 0 amide bonds. The van der Waals surface area contributed by atoms with E-state index in [0.717, 1.165) is 35.4 Å². The van der Waals surface area contributed by atoms with Crippen molar-refractivity contribution in [1.29, 1.82) is 0 Å². The Morgan fingerprint density at radius 3 is 2.88 bits per heavy atom. The fraction of sp³-hybridized carbons (Fsp3) is 0.583. The molecular formula is C12H19BrN2O. The lowest BCUT2D eigenvalue weighted by Crippen LogP contribution is -2.26. The molecule has 16 heavy (non-hydrogen) atoms. The van der Waals surface area contributed by atoms with Gasteiger partial charge in [-0.25, -0.2) is 0 Å². The van der Waals surface area contributed by atoms with Crippen molar-refractivity contribution in [3.05, 3.63) is 23.5 Å². The number of rotatable bonds is 6. The van der Waals surface area contributed by atoms with Crippen LogP contribution in [0.15, 0.2) is 12.1 Å². The second-order valence-corrected chi connectivity index (χ2v) is 4.69. The molecule has 1 aromatic heterocycles. The molecular weight excluding hydrogens is 268 g/mol. The van der Waals surface area contributed by atoms with Gasteiger partial charge in [-0.1, -0.05) is 15.9 Å². The molecule has 1 rings (SSSR count). The van der Waals surface area contributed by atoms with Crippen LogP contribution in [-0.2, 0) is 6.54 Å². The van der Waals surface area contributed by atoms with Gasteiger partial charge in [0.05, 0.1) is 12.8 Å². The lowest BCUT2D eigenvalue weighted by Gasteiger charge is -2.12. The van der Waals surface area contributed by atoms with E-state index in [1.165, 1.54) is 0 Å². The number of hydrogen-bond donors (Lipinski definition) is 1. The minimum Gasteiger partial charge on any atom is -0.497 e. The van der Waals surface area contributed by atoms with Crippen molar-refractivity contribution in [2.75, 3.05) is 12.4 Å². The molecule has 0 saturated carbocycles. The normalized spacial score (nSPS) is 12.5. The number of halogens is 1. The number of pyridine rings is 1. The summed E-state index contributed by atoms with van der Waals surface area (Å²) in [6.07, 6.45) is 1.11. The van der Waals surface area contributed by atoms with Crippen molar-refractivity contribution in [3.63, 3.8) is 0 Å². The van der Waals surface area contributed by atoms with Gasteiger partial charge >= 0.3 is 0 Å². The molecule has 3 nitrogen and oxygen atoms in total. The van der Waals surface area contributed by atoms with E-state index >= 15 is 0 Å². The third-order valence-electron chi connectivity index (χ3n) is 2.39. The van der Waals surface area contributed by atoms with Crippen LogP contribution in [-0.4, -0.2) is 23.5 Å². The minimum absolute atomic E-state index is 0.493. The van der Waals surface area contributed by atoms with Crippen LogP contribution in [0.5, 0.6) is 5.75 Å². The zero-order chi connectivity index (χ0) is 12.0. The molecule has 0 radical (unpaired) electrons. The molecule has 0 saturated heterocycles. The zero-order valence-corrected chi connectivity index (χ0v) is 11.7. The van der Waals surface area contributed by atoms with Gasteiger partial charge in [-0.3, -0.25) is 4.98 Å². The van der Waals surface area contributed by atoms with Gasteiger partial charge in [0.15, 0.2) is 0 Å². The Bertz CT molecular complexity index is 331. The molecule has 0 bridgehead atoms. The Morgan fingerprint density at radius 1 is 1.50 bits per heavy atom. The average molecular weight is 287 g/mol. The standard InChI is InChI=1S/C12H19BrN2O/c1-9(4-5-13)14-8-11-7-12(16-3)6-10(2)15-11/h6-7,9,14H,4-5,8H2,1-3H3. The Morgan fingerprint density at radius 2 is 2.25 bits per heavy atom. The van der Waals surface area contributed by atoms with Gasteiger partial charge in [0.25, 0.3) is 0 Å². The van der Waals surface area contributed by atoms with Crippen LogP contribution in [0.2, 0.25) is 0 Å². The fourth-order valence-corrected chi connectivity index (χ4v) is 2.14. The monoisotopic (exact) mass is 286 g/mol. The van der Waals surface area contributed by atoms with Crippen molar-refractivity contribution in [1.82, 2.24) is 10.3 Å². The molecule has 1 unspecified atom stereocenters. The lowest BCUT2D eigenvalue weighted by atomic mass is 10.2. The number of aromatic nitrogens is 1. The van der Waals surface area contributed by atoms with E-state index in [0.29, 0.717) is 6.04 Å². The molecule has 0 aromatic carbocycles. The molecule has 1 N–H and O–H groups in total. The van der Waals surface area contributed by atoms with Gasteiger partial charge in [-0.15, -0.1) is 0 Å². The highest BCUT2D eigenvalue weighted by Gasteiger charge is 2.03. The SMILES string of the molecule is COc1cc(C)nc(CNC(C)CCBr)c1. The summed E-state index contributed by atoms with van der Waals surface area (Å²) in [5.74, 6) is 0.873. The van der Waals surface area contributed by atoms with Crippen LogP contribution in [0.25, 0.3) is 0 Å². The average Bonchev–Trinajstić information content (AvgIpc) is 2.26. The van der Waals surface area contributed by atoms with Gasteiger partial charge in [0, 0.05) is 35.7 Å². The van der Waals surface area contributed by atoms with Crippen LogP contribution in [0, 0.1) is 6.92 Å². The summed E-state index contributed by atoms with van der Waals surface area (Å²) in [5, 5.41) is 4.45. The highest BCUT2D eigenvalue weighted by atomic mass is 79.9. The smallest absolute Gasteiger partial charge is 0.122 e. The summed E-state index contributed by atoms with van der Waals surface area (Å²) < 4.78 is 5.21. The van der Waals surface area contributed by atoms with E-state index in [4.69, 9.17) is 4.74 Å². The summed E-state index contributed by atoms with van der Waals surface area (Å²) in [6.45, 7) is 4.94. The summed E-state index contributed by atoms with van der Waals surface area (Å²) in [7, 11) is 1.68. The molecule has 1 atom stereocenters. The number of alkyl halides is 1. The summed E-state index contributed by atoms with van der Waals surface area (Å²) in [5.41, 5.74) is 2.02. The molecule has 0 aliphatic carbocycles. The summed E-state index contributed by atoms with van der Waals surface area (Å²) in [4.78, 5) is 4.46. The second kappa shape index (κ2) is 6.86. The largest absolute Gasteiger partial charge is 0.497 e. The van der Waals surface area contributed by atoms with E-state index in [1.807, 2.05) is 19.1 Å².